The summed E-state index contributed by atoms with van der Waals surface area (Å²) in [7, 11) is 0. The Morgan fingerprint density at radius 1 is 1.20 bits per heavy atom. The Hall–Kier alpha value is -0.670. The molecule has 2 nitrogen and oxygen atoms in total. The molecule has 1 heterocycles. The highest BCUT2D eigenvalue weighted by Crippen LogP contribution is 2.29. The van der Waals surface area contributed by atoms with Gasteiger partial charge in [-0.25, -0.2) is 0 Å². The Bertz CT molecular complexity index is 303. The van der Waals surface area contributed by atoms with Crippen LogP contribution < -0.4 is 5.73 Å². The molecular formula is C12H18N2S. The fourth-order valence-electron chi connectivity index (χ4n) is 2.48. The molecule has 0 aromatic heterocycles. The normalized spacial score (nSPS) is 31.7. The number of likely N-dealkylation sites (tertiary alicyclic amines) is 1. The molecule has 1 aliphatic heterocycles. The summed E-state index contributed by atoms with van der Waals surface area (Å²) in [4.78, 5) is 3.06. The Balaban J connectivity index is 2.21. The van der Waals surface area contributed by atoms with E-state index in [1.54, 1.807) is 0 Å². The van der Waals surface area contributed by atoms with E-state index in [2.05, 4.69) is 29.2 Å². The number of nitrogens with zero attached hydrogens (tertiary/aromatic N) is 1. The van der Waals surface area contributed by atoms with Gasteiger partial charge in [0, 0.05) is 0 Å². The maximum absolute atomic E-state index is 5.94. The standard InChI is InChI=1S/C12H18N2S/c13-11(15)12(7-3-1-4-8-12)14-9-5-2-6-10-14/h1,3-4,7H,2,5-6,8-10H2,(H2,13,15). The second-order valence-corrected chi connectivity index (χ2v) is 4.77. The molecule has 1 aliphatic carbocycles. The van der Waals surface area contributed by atoms with E-state index < -0.39 is 0 Å². The molecule has 0 aromatic carbocycles. The minimum Gasteiger partial charge on any atom is -0.391 e. The molecule has 0 amide bonds. The van der Waals surface area contributed by atoms with Crippen LogP contribution in [0.1, 0.15) is 25.7 Å². The van der Waals surface area contributed by atoms with E-state index in [9.17, 15) is 0 Å². The first-order valence-corrected chi connectivity index (χ1v) is 6.06. The summed E-state index contributed by atoms with van der Waals surface area (Å²) in [5, 5.41) is 0. The average molecular weight is 222 g/mol. The van der Waals surface area contributed by atoms with E-state index >= 15 is 0 Å². The predicted octanol–water partition coefficient (Wildman–Crippen LogP) is 2.01. The van der Waals surface area contributed by atoms with Crippen LogP contribution in [0.2, 0.25) is 0 Å². The quantitative estimate of drug-likeness (QED) is 0.725. The lowest BCUT2D eigenvalue weighted by Gasteiger charge is -2.43. The number of hydrogen-bond donors (Lipinski definition) is 1. The van der Waals surface area contributed by atoms with Gasteiger partial charge in [0.15, 0.2) is 0 Å². The number of piperidine rings is 1. The van der Waals surface area contributed by atoms with Gasteiger partial charge >= 0.3 is 0 Å². The van der Waals surface area contributed by atoms with E-state index in [1.165, 1.54) is 19.3 Å². The van der Waals surface area contributed by atoms with Gasteiger partial charge in [0.05, 0.1) is 10.5 Å². The zero-order valence-corrected chi connectivity index (χ0v) is 9.80. The lowest BCUT2D eigenvalue weighted by Crippen LogP contribution is -2.57. The van der Waals surface area contributed by atoms with Crippen molar-refractivity contribution >= 4 is 17.2 Å². The molecule has 2 aliphatic rings. The molecule has 1 saturated heterocycles. The van der Waals surface area contributed by atoms with Gasteiger partial charge in [0.1, 0.15) is 0 Å². The van der Waals surface area contributed by atoms with Crippen LogP contribution >= 0.6 is 12.2 Å². The summed E-state index contributed by atoms with van der Waals surface area (Å²) in [6.07, 6.45) is 13.3. The van der Waals surface area contributed by atoms with Crippen molar-refractivity contribution in [2.24, 2.45) is 5.73 Å². The maximum atomic E-state index is 5.94. The van der Waals surface area contributed by atoms with Crippen LogP contribution in [-0.2, 0) is 0 Å². The number of allylic oxidation sites excluding steroid dienone is 2. The molecule has 0 spiro atoms. The van der Waals surface area contributed by atoms with Gasteiger partial charge in [-0.15, -0.1) is 0 Å². The lowest BCUT2D eigenvalue weighted by molar-refractivity contribution is 0.155. The Kier molecular flexibility index (Phi) is 3.22. The molecule has 82 valence electrons. The van der Waals surface area contributed by atoms with Gasteiger partial charge in [0.25, 0.3) is 0 Å². The van der Waals surface area contributed by atoms with Crippen molar-refractivity contribution < 1.29 is 0 Å². The minimum absolute atomic E-state index is 0.176. The minimum atomic E-state index is -0.176. The monoisotopic (exact) mass is 222 g/mol. The number of rotatable bonds is 2. The zero-order chi connectivity index (χ0) is 10.7. The molecule has 3 heteroatoms. The first-order valence-electron chi connectivity index (χ1n) is 5.65. The molecule has 0 saturated carbocycles. The maximum Gasteiger partial charge on any atom is 0.0977 e. The van der Waals surface area contributed by atoms with Crippen LogP contribution in [0.5, 0.6) is 0 Å². The van der Waals surface area contributed by atoms with Gasteiger partial charge < -0.3 is 5.73 Å². The van der Waals surface area contributed by atoms with Crippen molar-refractivity contribution in [3.8, 4) is 0 Å². The Morgan fingerprint density at radius 3 is 2.47 bits per heavy atom. The van der Waals surface area contributed by atoms with E-state index in [1.807, 2.05) is 0 Å². The predicted molar refractivity (Wildman–Crippen MR) is 67.8 cm³/mol. The van der Waals surface area contributed by atoms with Gasteiger partial charge in [-0.3, -0.25) is 4.90 Å². The second-order valence-electron chi connectivity index (χ2n) is 4.33. The highest BCUT2D eigenvalue weighted by molar-refractivity contribution is 7.80. The molecule has 1 atom stereocenters. The third kappa shape index (κ3) is 1.99. The van der Waals surface area contributed by atoms with Crippen LogP contribution in [0.25, 0.3) is 0 Å². The van der Waals surface area contributed by atoms with Crippen LogP contribution in [0.4, 0.5) is 0 Å². The molecule has 2 N–H and O–H groups in total. The van der Waals surface area contributed by atoms with Gasteiger partial charge in [-0.05, 0) is 32.4 Å². The van der Waals surface area contributed by atoms with Crippen molar-refractivity contribution in [3.63, 3.8) is 0 Å². The Morgan fingerprint density at radius 2 is 1.93 bits per heavy atom. The number of nitrogens with two attached hydrogens (primary N) is 1. The largest absolute Gasteiger partial charge is 0.391 e. The van der Waals surface area contributed by atoms with Crippen molar-refractivity contribution in [3.05, 3.63) is 24.3 Å². The summed E-state index contributed by atoms with van der Waals surface area (Å²) < 4.78 is 0. The van der Waals surface area contributed by atoms with E-state index in [-0.39, 0.29) is 5.54 Å². The van der Waals surface area contributed by atoms with Crippen LogP contribution in [-0.4, -0.2) is 28.5 Å². The number of hydrogen-bond acceptors (Lipinski definition) is 2. The van der Waals surface area contributed by atoms with Gasteiger partial charge in [-0.2, -0.15) is 0 Å². The first-order chi connectivity index (χ1) is 7.26. The van der Waals surface area contributed by atoms with Gasteiger partial charge in [-0.1, -0.05) is 42.9 Å². The molecule has 0 aromatic rings. The highest BCUT2D eigenvalue weighted by Gasteiger charge is 2.37. The average Bonchev–Trinajstić information content (AvgIpc) is 2.31. The van der Waals surface area contributed by atoms with E-state index in [0.29, 0.717) is 4.99 Å². The fraction of sp³-hybridized carbons (Fsp3) is 0.583. The van der Waals surface area contributed by atoms with E-state index in [4.69, 9.17) is 18.0 Å². The van der Waals surface area contributed by atoms with Crippen molar-refractivity contribution in [2.75, 3.05) is 13.1 Å². The molecule has 15 heavy (non-hydrogen) atoms. The lowest BCUT2D eigenvalue weighted by atomic mass is 9.87. The van der Waals surface area contributed by atoms with Crippen molar-refractivity contribution in [1.29, 1.82) is 0 Å². The molecule has 1 fully saturated rings. The highest BCUT2D eigenvalue weighted by atomic mass is 32.1. The van der Waals surface area contributed by atoms with E-state index in [0.717, 1.165) is 19.5 Å². The molecule has 0 radical (unpaired) electrons. The van der Waals surface area contributed by atoms with Crippen LogP contribution in [0, 0.1) is 0 Å². The van der Waals surface area contributed by atoms with Crippen LogP contribution in [0.3, 0.4) is 0 Å². The van der Waals surface area contributed by atoms with Crippen molar-refractivity contribution in [1.82, 2.24) is 4.90 Å². The molecular weight excluding hydrogens is 204 g/mol. The van der Waals surface area contributed by atoms with Crippen molar-refractivity contribution in [2.45, 2.75) is 31.2 Å². The summed E-state index contributed by atoms with van der Waals surface area (Å²) in [6.45, 7) is 2.24. The SMILES string of the molecule is NC(=S)C1(N2CCCCC2)C=CC=CC1. The van der Waals surface area contributed by atoms with Crippen LogP contribution in [0.15, 0.2) is 24.3 Å². The third-order valence-corrected chi connectivity index (χ3v) is 3.75. The second kappa shape index (κ2) is 4.45. The fourth-order valence-corrected chi connectivity index (χ4v) is 2.76. The molecule has 1 unspecified atom stereocenters. The Labute approximate surface area is 96.8 Å². The zero-order valence-electron chi connectivity index (χ0n) is 8.98. The molecule has 2 rings (SSSR count). The smallest absolute Gasteiger partial charge is 0.0977 e. The molecule has 0 bridgehead atoms. The number of thiocarbonyl (C=S) groups is 1. The first kappa shape index (κ1) is 10.8. The summed E-state index contributed by atoms with van der Waals surface area (Å²) in [5.41, 5.74) is 5.76. The third-order valence-electron chi connectivity index (χ3n) is 3.40. The summed E-state index contributed by atoms with van der Waals surface area (Å²) >= 11 is 5.26. The van der Waals surface area contributed by atoms with Gasteiger partial charge in [0.2, 0.25) is 0 Å². The summed E-state index contributed by atoms with van der Waals surface area (Å²) in [5.74, 6) is 0. The summed E-state index contributed by atoms with van der Waals surface area (Å²) in [6, 6.07) is 0. The topological polar surface area (TPSA) is 29.3 Å².